The minimum Gasteiger partial charge on any atom is -0.465 e. The zero-order valence-electron chi connectivity index (χ0n) is 10.9. The summed E-state index contributed by atoms with van der Waals surface area (Å²) < 4.78 is 6.56. The molecule has 0 aliphatic carbocycles. The average molecular weight is 307 g/mol. The van der Waals surface area contributed by atoms with Crippen LogP contribution < -0.4 is 0 Å². The highest BCUT2D eigenvalue weighted by Gasteiger charge is 2.17. The monoisotopic (exact) mass is 306 g/mol. The molecule has 0 fully saturated rings. The molecule has 1 aromatic carbocycles. The summed E-state index contributed by atoms with van der Waals surface area (Å²) in [6.07, 6.45) is 0. The fourth-order valence-corrected chi connectivity index (χ4v) is 3.32. The van der Waals surface area contributed by atoms with E-state index in [1.54, 1.807) is 4.68 Å². The van der Waals surface area contributed by atoms with Crippen molar-refractivity contribution in [3.05, 3.63) is 45.9 Å². The lowest BCUT2D eigenvalue weighted by molar-refractivity contribution is 0.0606. The number of aryl methyl sites for hydroxylation is 1. The molecule has 0 bridgehead atoms. The number of ether oxygens (including phenoxy) is 1. The molecule has 0 saturated carbocycles. The molecule has 0 spiro atoms. The lowest BCUT2D eigenvalue weighted by Crippen LogP contribution is -1.98. The second-order valence-electron chi connectivity index (χ2n) is 4.30. The number of esters is 1. The van der Waals surface area contributed by atoms with Gasteiger partial charge in [0.2, 0.25) is 0 Å². The average Bonchev–Trinajstić information content (AvgIpc) is 2.99. The number of rotatable bonds is 2. The van der Waals surface area contributed by atoms with Crippen LogP contribution in [-0.4, -0.2) is 22.9 Å². The predicted octanol–water partition coefficient (Wildman–Crippen LogP) is 3.84. The van der Waals surface area contributed by atoms with Crippen molar-refractivity contribution in [2.24, 2.45) is 0 Å². The molecular weight excluding hydrogens is 296 g/mol. The molecule has 0 saturated heterocycles. The number of nitrogens with zero attached hydrogens (tertiary/aromatic N) is 2. The molecule has 0 radical (unpaired) electrons. The van der Waals surface area contributed by atoms with Crippen LogP contribution in [0.5, 0.6) is 0 Å². The second kappa shape index (κ2) is 4.92. The first-order valence-electron chi connectivity index (χ1n) is 5.93. The second-order valence-corrected chi connectivity index (χ2v) is 5.77. The maximum absolute atomic E-state index is 11.6. The van der Waals surface area contributed by atoms with E-state index >= 15 is 0 Å². The normalized spacial score (nSPS) is 10.9. The molecule has 4 nitrogen and oxygen atoms in total. The third-order valence-electron chi connectivity index (χ3n) is 2.98. The molecule has 0 amide bonds. The number of thiophene rings is 1. The van der Waals surface area contributed by atoms with Gasteiger partial charge in [-0.3, -0.25) is 0 Å². The van der Waals surface area contributed by atoms with Crippen LogP contribution in [-0.2, 0) is 4.74 Å². The van der Waals surface area contributed by atoms with Crippen LogP contribution in [0.2, 0.25) is 5.02 Å². The molecule has 20 heavy (non-hydrogen) atoms. The van der Waals surface area contributed by atoms with Gasteiger partial charge in [0.1, 0.15) is 9.71 Å². The number of hydrogen-bond acceptors (Lipinski definition) is 4. The Hall–Kier alpha value is -1.85. The first-order chi connectivity index (χ1) is 9.60. The summed E-state index contributed by atoms with van der Waals surface area (Å²) in [5, 5.41) is 6.10. The molecule has 0 atom stereocenters. The Kier molecular flexibility index (Phi) is 3.23. The van der Waals surface area contributed by atoms with Crippen LogP contribution in [0.15, 0.2) is 30.3 Å². The number of fused-ring (bicyclic) bond motifs is 1. The van der Waals surface area contributed by atoms with E-state index in [9.17, 15) is 4.79 Å². The molecule has 0 N–H and O–H groups in total. The van der Waals surface area contributed by atoms with E-state index in [2.05, 4.69) is 5.10 Å². The van der Waals surface area contributed by atoms with Crippen LogP contribution in [0.1, 0.15) is 15.4 Å². The first-order valence-corrected chi connectivity index (χ1v) is 7.13. The van der Waals surface area contributed by atoms with Gasteiger partial charge in [-0.05, 0) is 31.2 Å². The van der Waals surface area contributed by atoms with Crippen molar-refractivity contribution in [3.63, 3.8) is 0 Å². The van der Waals surface area contributed by atoms with E-state index in [0.717, 1.165) is 21.6 Å². The Labute approximate surface area is 124 Å². The zero-order valence-corrected chi connectivity index (χ0v) is 12.5. The van der Waals surface area contributed by atoms with E-state index in [1.165, 1.54) is 18.4 Å². The van der Waals surface area contributed by atoms with Gasteiger partial charge in [-0.2, -0.15) is 5.10 Å². The largest absolute Gasteiger partial charge is 0.465 e. The van der Waals surface area contributed by atoms with Crippen molar-refractivity contribution >= 4 is 39.1 Å². The Morgan fingerprint density at radius 2 is 2.20 bits per heavy atom. The fraction of sp³-hybridized carbons (Fsp3) is 0.143. The number of carbonyl (C=O) groups excluding carboxylic acids is 1. The molecular formula is C14H11ClN2O2S. The molecule has 0 aliphatic rings. The fourth-order valence-electron chi connectivity index (χ4n) is 2.03. The summed E-state index contributed by atoms with van der Waals surface area (Å²) >= 11 is 7.38. The molecule has 3 aromatic rings. The highest BCUT2D eigenvalue weighted by molar-refractivity contribution is 7.20. The Morgan fingerprint density at radius 1 is 1.40 bits per heavy atom. The van der Waals surface area contributed by atoms with Gasteiger partial charge in [0.25, 0.3) is 0 Å². The highest BCUT2D eigenvalue weighted by atomic mass is 35.5. The van der Waals surface area contributed by atoms with Crippen LogP contribution in [0.25, 0.3) is 15.9 Å². The summed E-state index contributed by atoms with van der Waals surface area (Å²) in [6.45, 7) is 1.91. The third-order valence-corrected chi connectivity index (χ3v) is 4.31. The molecule has 2 heterocycles. The van der Waals surface area contributed by atoms with Crippen LogP contribution in [0.4, 0.5) is 0 Å². The van der Waals surface area contributed by atoms with Crippen LogP contribution in [0.3, 0.4) is 0 Å². The first kappa shape index (κ1) is 13.1. The van der Waals surface area contributed by atoms with E-state index < -0.39 is 0 Å². The molecule has 0 unspecified atom stereocenters. The van der Waals surface area contributed by atoms with Crippen LogP contribution in [0, 0.1) is 6.92 Å². The number of halogens is 1. The van der Waals surface area contributed by atoms with E-state index in [0.29, 0.717) is 9.90 Å². The maximum Gasteiger partial charge on any atom is 0.348 e. The van der Waals surface area contributed by atoms with E-state index in [1.807, 2.05) is 37.3 Å². The molecule has 3 rings (SSSR count). The molecule has 6 heteroatoms. The van der Waals surface area contributed by atoms with E-state index in [4.69, 9.17) is 16.3 Å². The van der Waals surface area contributed by atoms with Gasteiger partial charge in [-0.25, -0.2) is 9.48 Å². The summed E-state index contributed by atoms with van der Waals surface area (Å²) in [7, 11) is 1.38. The standard InChI is InChI=1S/C14H11ClN2O2S/c1-8-11-7-12(14(18)19-2)20-13(11)17(16-8)10-5-3-4-9(15)6-10/h3-7H,1-2H3. The smallest absolute Gasteiger partial charge is 0.348 e. The molecule has 2 aromatic heterocycles. The maximum atomic E-state index is 11.6. The minimum absolute atomic E-state index is 0.330. The van der Waals surface area contributed by atoms with Gasteiger partial charge >= 0.3 is 5.97 Å². The topological polar surface area (TPSA) is 44.1 Å². The van der Waals surface area contributed by atoms with Crippen molar-refractivity contribution in [2.45, 2.75) is 6.92 Å². The number of aromatic nitrogens is 2. The summed E-state index contributed by atoms with van der Waals surface area (Å²) in [4.78, 5) is 13.1. The Morgan fingerprint density at radius 3 is 2.90 bits per heavy atom. The Balaban J connectivity index is 2.21. The summed E-state index contributed by atoms with van der Waals surface area (Å²) in [6, 6.07) is 9.26. The highest BCUT2D eigenvalue weighted by Crippen LogP contribution is 2.31. The number of carbonyl (C=O) groups is 1. The minimum atomic E-state index is -0.330. The van der Waals surface area contributed by atoms with Gasteiger partial charge < -0.3 is 4.74 Å². The summed E-state index contributed by atoms with van der Waals surface area (Å²) in [5.74, 6) is -0.330. The van der Waals surface area contributed by atoms with Crippen molar-refractivity contribution in [2.75, 3.05) is 7.11 Å². The lowest BCUT2D eigenvalue weighted by atomic mass is 10.3. The zero-order chi connectivity index (χ0) is 14.3. The number of methoxy groups -OCH3 is 1. The van der Waals surface area contributed by atoms with Gasteiger partial charge in [0.15, 0.2) is 0 Å². The van der Waals surface area contributed by atoms with Crippen LogP contribution >= 0.6 is 22.9 Å². The SMILES string of the molecule is COC(=O)c1cc2c(C)nn(-c3cccc(Cl)c3)c2s1. The van der Waals surface area contributed by atoms with Gasteiger partial charge in [0.05, 0.1) is 18.5 Å². The van der Waals surface area contributed by atoms with Gasteiger partial charge in [0, 0.05) is 10.4 Å². The molecule has 102 valence electrons. The lowest BCUT2D eigenvalue weighted by Gasteiger charge is -2.02. The van der Waals surface area contributed by atoms with Crippen molar-refractivity contribution in [1.29, 1.82) is 0 Å². The van der Waals surface area contributed by atoms with E-state index in [-0.39, 0.29) is 5.97 Å². The van der Waals surface area contributed by atoms with Crippen molar-refractivity contribution in [3.8, 4) is 5.69 Å². The number of hydrogen-bond donors (Lipinski definition) is 0. The number of benzene rings is 1. The van der Waals surface area contributed by atoms with Crippen molar-refractivity contribution in [1.82, 2.24) is 9.78 Å². The van der Waals surface area contributed by atoms with Crippen molar-refractivity contribution < 1.29 is 9.53 Å². The Bertz CT molecular complexity index is 807. The van der Waals surface area contributed by atoms with Gasteiger partial charge in [-0.1, -0.05) is 17.7 Å². The summed E-state index contributed by atoms with van der Waals surface area (Å²) in [5.41, 5.74) is 1.74. The predicted molar refractivity (Wildman–Crippen MR) is 80.0 cm³/mol. The van der Waals surface area contributed by atoms with Gasteiger partial charge in [-0.15, -0.1) is 11.3 Å². The quantitative estimate of drug-likeness (QED) is 0.676. The molecule has 0 aliphatic heterocycles. The third kappa shape index (κ3) is 2.09.